The summed E-state index contributed by atoms with van der Waals surface area (Å²) in [6, 6.07) is 0. The SMILES string of the molecule is CC1(N2CCc3c(-c4cnc(N)nc4)nc(N4CCOCC4)nc32)CCNCC1.Cl. The van der Waals surface area contributed by atoms with Crippen LogP contribution >= 0.6 is 12.4 Å². The van der Waals surface area contributed by atoms with Crippen molar-refractivity contribution in [3.63, 3.8) is 0 Å². The third-order valence-electron chi connectivity index (χ3n) is 6.39. The average Bonchev–Trinajstić information content (AvgIpc) is 3.20. The van der Waals surface area contributed by atoms with E-state index in [0.717, 1.165) is 75.0 Å². The highest BCUT2D eigenvalue weighted by Crippen LogP contribution is 2.41. The first-order valence-electron chi connectivity index (χ1n) is 10.4. The summed E-state index contributed by atoms with van der Waals surface area (Å²) in [5.41, 5.74) is 8.83. The highest BCUT2D eigenvalue weighted by atomic mass is 35.5. The molecule has 0 amide bonds. The zero-order chi connectivity index (χ0) is 19.8. The molecule has 9 nitrogen and oxygen atoms in total. The minimum atomic E-state index is 0. The monoisotopic (exact) mass is 432 g/mol. The number of anilines is 3. The first-order chi connectivity index (χ1) is 14.1. The quantitative estimate of drug-likeness (QED) is 0.741. The lowest BCUT2D eigenvalue weighted by atomic mass is 9.89. The molecular weight excluding hydrogens is 404 g/mol. The minimum Gasteiger partial charge on any atom is -0.378 e. The van der Waals surface area contributed by atoms with E-state index in [-0.39, 0.29) is 23.9 Å². The summed E-state index contributed by atoms with van der Waals surface area (Å²) in [6.45, 7) is 8.43. The van der Waals surface area contributed by atoms with Gasteiger partial charge in [0.1, 0.15) is 5.82 Å². The van der Waals surface area contributed by atoms with Crippen LogP contribution < -0.4 is 20.9 Å². The summed E-state index contributed by atoms with van der Waals surface area (Å²) in [5.74, 6) is 2.11. The molecule has 2 saturated heterocycles. The van der Waals surface area contributed by atoms with Gasteiger partial charge in [-0.05, 0) is 39.3 Å². The van der Waals surface area contributed by atoms with Crippen LogP contribution in [0.25, 0.3) is 11.3 Å². The van der Waals surface area contributed by atoms with E-state index >= 15 is 0 Å². The van der Waals surface area contributed by atoms with Gasteiger partial charge < -0.3 is 25.6 Å². The predicted octanol–water partition coefficient (Wildman–Crippen LogP) is 1.28. The Morgan fingerprint density at radius 2 is 1.77 bits per heavy atom. The lowest BCUT2D eigenvalue weighted by molar-refractivity contribution is 0.122. The smallest absolute Gasteiger partial charge is 0.228 e. The molecule has 30 heavy (non-hydrogen) atoms. The van der Waals surface area contributed by atoms with Crippen molar-refractivity contribution in [2.75, 3.05) is 61.5 Å². The van der Waals surface area contributed by atoms with Gasteiger partial charge in [-0.2, -0.15) is 4.98 Å². The van der Waals surface area contributed by atoms with Gasteiger partial charge in [0, 0.05) is 48.7 Å². The highest BCUT2D eigenvalue weighted by Gasteiger charge is 2.39. The molecule has 0 aromatic carbocycles. The Hall–Kier alpha value is -2.23. The average molecular weight is 433 g/mol. The molecule has 10 heteroatoms. The van der Waals surface area contributed by atoms with Gasteiger partial charge in [0.2, 0.25) is 11.9 Å². The van der Waals surface area contributed by atoms with Gasteiger partial charge >= 0.3 is 0 Å². The van der Waals surface area contributed by atoms with E-state index in [9.17, 15) is 0 Å². The summed E-state index contributed by atoms with van der Waals surface area (Å²) >= 11 is 0. The van der Waals surface area contributed by atoms with Gasteiger partial charge in [-0.25, -0.2) is 15.0 Å². The molecule has 162 valence electrons. The Morgan fingerprint density at radius 3 is 2.47 bits per heavy atom. The number of aromatic nitrogens is 4. The minimum absolute atomic E-state index is 0. The van der Waals surface area contributed by atoms with Gasteiger partial charge in [0.25, 0.3) is 0 Å². The van der Waals surface area contributed by atoms with Crippen LogP contribution in [0.15, 0.2) is 12.4 Å². The van der Waals surface area contributed by atoms with E-state index in [1.807, 2.05) is 0 Å². The van der Waals surface area contributed by atoms with Crippen molar-refractivity contribution >= 4 is 30.1 Å². The number of nitrogens with two attached hydrogens (primary N) is 1. The molecule has 3 aliphatic rings. The van der Waals surface area contributed by atoms with Crippen LogP contribution in [0.5, 0.6) is 0 Å². The summed E-state index contributed by atoms with van der Waals surface area (Å²) < 4.78 is 5.53. The summed E-state index contributed by atoms with van der Waals surface area (Å²) in [7, 11) is 0. The van der Waals surface area contributed by atoms with Crippen LogP contribution in [-0.2, 0) is 11.2 Å². The number of morpholine rings is 1. The molecule has 0 unspecified atom stereocenters. The van der Waals surface area contributed by atoms with E-state index in [2.05, 4.69) is 32.0 Å². The third kappa shape index (κ3) is 3.77. The second kappa shape index (κ2) is 8.49. The first kappa shape index (κ1) is 21.0. The molecular formula is C20H29ClN8O. The van der Waals surface area contributed by atoms with Crippen molar-refractivity contribution in [1.82, 2.24) is 25.3 Å². The van der Waals surface area contributed by atoms with Crippen molar-refractivity contribution in [1.29, 1.82) is 0 Å². The van der Waals surface area contributed by atoms with Gasteiger partial charge in [-0.15, -0.1) is 12.4 Å². The number of hydrogen-bond acceptors (Lipinski definition) is 9. The van der Waals surface area contributed by atoms with Crippen LogP contribution in [0, 0.1) is 0 Å². The Morgan fingerprint density at radius 1 is 1.07 bits per heavy atom. The Kier molecular flexibility index (Phi) is 5.95. The van der Waals surface area contributed by atoms with Crippen LogP contribution in [-0.4, -0.2) is 71.4 Å². The zero-order valence-electron chi connectivity index (χ0n) is 17.3. The molecule has 3 N–H and O–H groups in total. The topological polar surface area (TPSA) is 105 Å². The van der Waals surface area contributed by atoms with Gasteiger partial charge in [-0.3, -0.25) is 0 Å². The number of ether oxygens (including phenoxy) is 1. The number of fused-ring (bicyclic) bond motifs is 1. The number of nitrogen functional groups attached to an aromatic ring is 1. The molecule has 0 radical (unpaired) electrons. The predicted molar refractivity (Wildman–Crippen MR) is 119 cm³/mol. The number of hydrogen-bond donors (Lipinski definition) is 2. The number of rotatable bonds is 3. The van der Waals surface area contributed by atoms with Gasteiger partial charge in [0.05, 0.1) is 18.9 Å². The summed E-state index contributed by atoms with van der Waals surface area (Å²) in [6.07, 6.45) is 6.70. The Balaban J connectivity index is 0.00000218. The molecule has 0 bridgehead atoms. The fourth-order valence-corrected chi connectivity index (χ4v) is 4.61. The van der Waals surface area contributed by atoms with E-state index in [1.165, 1.54) is 5.56 Å². The van der Waals surface area contributed by atoms with Crippen molar-refractivity contribution in [3.05, 3.63) is 18.0 Å². The molecule has 2 aromatic rings. The number of nitrogens with one attached hydrogen (secondary N) is 1. The molecule has 0 spiro atoms. The third-order valence-corrected chi connectivity index (χ3v) is 6.39. The maximum Gasteiger partial charge on any atom is 0.228 e. The van der Waals surface area contributed by atoms with Crippen LogP contribution in [0.3, 0.4) is 0 Å². The fraction of sp³-hybridized carbons (Fsp3) is 0.600. The lowest BCUT2D eigenvalue weighted by Crippen LogP contribution is -2.52. The van der Waals surface area contributed by atoms with Crippen LogP contribution in [0.2, 0.25) is 0 Å². The fourth-order valence-electron chi connectivity index (χ4n) is 4.61. The van der Waals surface area contributed by atoms with Crippen molar-refractivity contribution in [2.45, 2.75) is 31.7 Å². The van der Waals surface area contributed by atoms with Crippen molar-refractivity contribution in [2.24, 2.45) is 0 Å². The summed E-state index contributed by atoms with van der Waals surface area (Å²) in [4.78, 5) is 23.2. The molecule has 3 aliphatic heterocycles. The van der Waals surface area contributed by atoms with Crippen molar-refractivity contribution < 1.29 is 4.74 Å². The molecule has 2 fully saturated rings. The highest BCUT2D eigenvalue weighted by molar-refractivity contribution is 5.85. The molecule has 0 aliphatic carbocycles. The second-order valence-electron chi connectivity index (χ2n) is 8.25. The molecule has 2 aromatic heterocycles. The number of halogens is 1. The van der Waals surface area contributed by atoms with E-state index in [0.29, 0.717) is 13.2 Å². The van der Waals surface area contributed by atoms with Crippen LogP contribution in [0.4, 0.5) is 17.7 Å². The largest absolute Gasteiger partial charge is 0.378 e. The van der Waals surface area contributed by atoms with Gasteiger partial charge in [-0.1, -0.05) is 0 Å². The van der Waals surface area contributed by atoms with E-state index < -0.39 is 0 Å². The lowest BCUT2D eigenvalue weighted by Gasteiger charge is -2.43. The Labute approximate surface area is 182 Å². The molecule has 5 heterocycles. The normalized spacial score (nSPS) is 20.6. The summed E-state index contributed by atoms with van der Waals surface area (Å²) in [5, 5.41) is 3.48. The maximum atomic E-state index is 5.71. The first-order valence-corrected chi connectivity index (χ1v) is 10.4. The van der Waals surface area contributed by atoms with E-state index in [4.69, 9.17) is 20.4 Å². The zero-order valence-corrected chi connectivity index (χ0v) is 18.1. The van der Waals surface area contributed by atoms with Crippen LogP contribution in [0.1, 0.15) is 25.3 Å². The maximum absolute atomic E-state index is 5.71. The number of piperidine rings is 1. The Bertz CT molecular complexity index is 881. The molecule has 5 rings (SSSR count). The van der Waals surface area contributed by atoms with Crippen molar-refractivity contribution in [3.8, 4) is 11.3 Å². The second-order valence-corrected chi connectivity index (χ2v) is 8.25. The molecule has 0 saturated carbocycles. The van der Waals surface area contributed by atoms with E-state index in [1.54, 1.807) is 12.4 Å². The number of nitrogens with zero attached hydrogens (tertiary/aromatic N) is 6. The standard InChI is InChI=1S/C20H28N8O.ClH/c1-20(3-5-22-6-4-20)28-7-2-15-16(14-12-23-18(21)24-13-14)25-19(26-17(15)28)27-8-10-29-11-9-27;/h12-13,22H,2-11H2,1H3,(H2,21,23,24);1H. The molecule has 0 atom stereocenters. The van der Waals surface area contributed by atoms with Gasteiger partial charge in [0.15, 0.2) is 0 Å².